The number of piperazine rings is 1. The van der Waals surface area contributed by atoms with Crippen LogP contribution in [0.1, 0.15) is 51.5 Å². The minimum absolute atomic E-state index is 0.0646. The summed E-state index contributed by atoms with van der Waals surface area (Å²) in [7, 11) is -3.48. The van der Waals surface area contributed by atoms with Crippen molar-refractivity contribution in [3.8, 4) is 0 Å². The van der Waals surface area contributed by atoms with Crippen molar-refractivity contribution in [2.75, 3.05) is 26.2 Å². The first kappa shape index (κ1) is 21.3. The number of rotatable bonds is 7. The van der Waals surface area contributed by atoms with Gasteiger partial charge in [0, 0.05) is 32.2 Å². The van der Waals surface area contributed by atoms with Gasteiger partial charge in [-0.2, -0.15) is 4.31 Å². The van der Waals surface area contributed by atoms with Gasteiger partial charge in [-0.05, 0) is 43.9 Å². The van der Waals surface area contributed by atoms with Crippen molar-refractivity contribution in [2.45, 2.75) is 69.4 Å². The van der Waals surface area contributed by atoms with Crippen molar-refractivity contribution in [3.63, 3.8) is 0 Å². The molecule has 0 spiro atoms. The van der Waals surface area contributed by atoms with Crippen LogP contribution in [-0.2, 0) is 21.2 Å². The van der Waals surface area contributed by atoms with Crippen LogP contribution in [0.4, 0.5) is 0 Å². The number of aryl methyl sites for hydroxylation is 1. The molecule has 1 saturated heterocycles. The summed E-state index contributed by atoms with van der Waals surface area (Å²) in [6.45, 7) is 6.01. The Morgan fingerprint density at radius 1 is 1.11 bits per heavy atom. The van der Waals surface area contributed by atoms with Gasteiger partial charge in [-0.25, -0.2) is 8.42 Å². The van der Waals surface area contributed by atoms with Gasteiger partial charge < -0.3 is 5.32 Å². The molecule has 3 rings (SSSR count). The van der Waals surface area contributed by atoms with Gasteiger partial charge >= 0.3 is 0 Å². The van der Waals surface area contributed by atoms with Crippen LogP contribution in [0.2, 0.25) is 0 Å². The van der Waals surface area contributed by atoms with Crippen molar-refractivity contribution in [3.05, 3.63) is 29.8 Å². The Balaban J connectivity index is 1.55. The quantitative estimate of drug-likeness (QED) is 0.754. The fourth-order valence-electron chi connectivity index (χ4n) is 4.15. The third-order valence-electron chi connectivity index (χ3n) is 6.00. The standard InChI is InChI=1S/C21H33N3O3S/c1-3-6-18-9-11-20(12-10-18)28(26,27)24-15-13-23(14-16-24)17(2)21(25)22-19-7-4-5-8-19/h9-12,17,19H,3-8,13-16H2,1-2H3,(H,22,25)/t17-/m1/s1. The molecule has 0 radical (unpaired) electrons. The van der Waals surface area contributed by atoms with Gasteiger partial charge in [0.25, 0.3) is 0 Å². The van der Waals surface area contributed by atoms with Crippen LogP contribution in [0.5, 0.6) is 0 Å². The van der Waals surface area contributed by atoms with Crippen LogP contribution >= 0.6 is 0 Å². The zero-order valence-electron chi connectivity index (χ0n) is 17.1. The molecule has 1 aliphatic heterocycles. The molecular formula is C21H33N3O3S. The molecule has 1 aromatic carbocycles. The highest BCUT2D eigenvalue weighted by atomic mass is 32.2. The number of carbonyl (C=O) groups excluding carboxylic acids is 1. The maximum atomic E-state index is 12.9. The van der Waals surface area contributed by atoms with E-state index < -0.39 is 10.0 Å². The van der Waals surface area contributed by atoms with E-state index in [2.05, 4.69) is 17.1 Å². The van der Waals surface area contributed by atoms with Crippen molar-refractivity contribution in [2.24, 2.45) is 0 Å². The van der Waals surface area contributed by atoms with Gasteiger partial charge in [0.05, 0.1) is 10.9 Å². The second kappa shape index (κ2) is 9.37. The van der Waals surface area contributed by atoms with E-state index in [0.717, 1.165) is 31.2 Å². The molecule has 0 unspecified atom stereocenters. The summed E-state index contributed by atoms with van der Waals surface area (Å²) in [6.07, 6.45) is 6.52. The van der Waals surface area contributed by atoms with Gasteiger partial charge in [0.2, 0.25) is 15.9 Å². The lowest BCUT2D eigenvalue weighted by atomic mass is 10.1. The van der Waals surface area contributed by atoms with Crippen molar-refractivity contribution < 1.29 is 13.2 Å². The highest BCUT2D eigenvalue weighted by Gasteiger charge is 2.32. The first-order valence-electron chi connectivity index (χ1n) is 10.6. The average Bonchev–Trinajstić information content (AvgIpc) is 3.21. The Labute approximate surface area is 169 Å². The second-order valence-corrected chi connectivity index (χ2v) is 9.94. The highest BCUT2D eigenvalue weighted by Crippen LogP contribution is 2.21. The molecule has 2 fully saturated rings. The first-order valence-corrected chi connectivity index (χ1v) is 12.0. The number of hydrogen-bond acceptors (Lipinski definition) is 4. The Kier molecular flexibility index (Phi) is 7.12. The van der Waals surface area contributed by atoms with Crippen molar-refractivity contribution >= 4 is 15.9 Å². The molecule has 1 N–H and O–H groups in total. The fourth-order valence-corrected chi connectivity index (χ4v) is 5.58. The summed E-state index contributed by atoms with van der Waals surface area (Å²) >= 11 is 0. The summed E-state index contributed by atoms with van der Waals surface area (Å²) in [5.41, 5.74) is 1.16. The van der Waals surface area contributed by atoms with Crippen LogP contribution < -0.4 is 5.32 Å². The van der Waals surface area contributed by atoms with E-state index in [-0.39, 0.29) is 11.9 Å². The molecule has 2 aliphatic rings. The van der Waals surface area contributed by atoms with Crippen LogP contribution in [-0.4, -0.2) is 61.8 Å². The van der Waals surface area contributed by atoms with E-state index in [4.69, 9.17) is 0 Å². The molecule has 0 aromatic heterocycles. The second-order valence-electron chi connectivity index (χ2n) is 8.00. The molecule has 156 valence electrons. The molecule has 1 aromatic rings. The minimum atomic E-state index is -3.48. The summed E-state index contributed by atoms with van der Waals surface area (Å²) in [4.78, 5) is 14.9. The minimum Gasteiger partial charge on any atom is -0.352 e. The maximum Gasteiger partial charge on any atom is 0.243 e. The van der Waals surface area contributed by atoms with E-state index in [1.165, 1.54) is 12.8 Å². The zero-order chi connectivity index (χ0) is 20.1. The third kappa shape index (κ3) is 4.93. The van der Waals surface area contributed by atoms with Crippen LogP contribution in [0.3, 0.4) is 0 Å². The molecule has 1 saturated carbocycles. The number of nitrogens with zero attached hydrogens (tertiary/aromatic N) is 2. The van der Waals surface area contributed by atoms with E-state index in [1.54, 1.807) is 16.4 Å². The van der Waals surface area contributed by atoms with E-state index >= 15 is 0 Å². The monoisotopic (exact) mass is 407 g/mol. The first-order chi connectivity index (χ1) is 13.4. The third-order valence-corrected chi connectivity index (χ3v) is 7.91. The predicted molar refractivity (Wildman–Crippen MR) is 111 cm³/mol. The van der Waals surface area contributed by atoms with Gasteiger partial charge in [0.1, 0.15) is 0 Å². The SMILES string of the molecule is CCCc1ccc(S(=O)(=O)N2CCN([C@H](C)C(=O)NC3CCCC3)CC2)cc1. The van der Waals surface area contributed by atoms with Gasteiger partial charge in [-0.1, -0.05) is 38.3 Å². The lowest BCUT2D eigenvalue weighted by molar-refractivity contribution is -0.127. The maximum absolute atomic E-state index is 12.9. The van der Waals surface area contributed by atoms with Crippen LogP contribution in [0, 0.1) is 0 Å². The largest absolute Gasteiger partial charge is 0.352 e. The van der Waals surface area contributed by atoms with Crippen molar-refractivity contribution in [1.82, 2.24) is 14.5 Å². The van der Waals surface area contributed by atoms with Crippen molar-refractivity contribution in [1.29, 1.82) is 0 Å². The Morgan fingerprint density at radius 3 is 2.29 bits per heavy atom. The van der Waals surface area contributed by atoms with E-state index in [0.29, 0.717) is 37.1 Å². The summed E-state index contributed by atoms with van der Waals surface area (Å²) in [5.74, 6) is 0.0646. The van der Waals surface area contributed by atoms with Gasteiger partial charge in [-0.15, -0.1) is 0 Å². The number of sulfonamides is 1. The Morgan fingerprint density at radius 2 is 1.71 bits per heavy atom. The summed E-state index contributed by atoms with van der Waals surface area (Å²) in [5, 5.41) is 3.15. The topological polar surface area (TPSA) is 69.7 Å². The summed E-state index contributed by atoms with van der Waals surface area (Å²) in [6, 6.07) is 7.32. The Hall–Kier alpha value is -1.44. The van der Waals surface area contributed by atoms with Gasteiger partial charge in [-0.3, -0.25) is 9.69 Å². The predicted octanol–water partition coefficient (Wildman–Crippen LogP) is 2.39. The molecule has 1 amide bonds. The highest BCUT2D eigenvalue weighted by molar-refractivity contribution is 7.89. The van der Waals surface area contributed by atoms with E-state index in [1.807, 2.05) is 19.1 Å². The molecule has 0 bridgehead atoms. The zero-order valence-corrected chi connectivity index (χ0v) is 17.9. The number of amides is 1. The molecule has 1 aliphatic carbocycles. The smallest absolute Gasteiger partial charge is 0.243 e. The number of nitrogens with one attached hydrogen (secondary N) is 1. The molecular weight excluding hydrogens is 374 g/mol. The fraction of sp³-hybridized carbons (Fsp3) is 0.667. The molecule has 1 heterocycles. The lowest BCUT2D eigenvalue weighted by Gasteiger charge is -2.37. The molecule has 1 atom stereocenters. The number of hydrogen-bond donors (Lipinski definition) is 1. The number of carbonyl (C=O) groups is 1. The molecule has 6 nitrogen and oxygen atoms in total. The number of benzene rings is 1. The Bertz CT molecular complexity index is 750. The van der Waals surface area contributed by atoms with Crippen LogP contribution in [0.15, 0.2) is 29.2 Å². The molecule has 7 heteroatoms. The average molecular weight is 408 g/mol. The van der Waals surface area contributed by atoms with E-state index in [9.17, 15) is 13.2 Å². The molecule has 28 heavy (non-hydrogen) atoms. The van der Waals surface area contributed by atoms with Gasteiger partial charge in [0.15, 0.2) is 0 Å². The van der Waals surface area contributed by atoms with Crippen LogP contribution in [0.25, 0.3) is 0 Å². The normalized spacial score (nSPS) is 20.9. The lowest BCUT2D eigenvalue weighted by Crippen LogP contribution is -2.55. The summed E-state index contributed by atoms with van der Waals surface area (Å²) < 4.78 is 27.4.